The fraction of sp³-hybridized carbons (Fsp3) is 0.423. The summed E-state index contributed by atoms with van der Waals surface area (Å²) in [5.41, 5.74) is 1.91. The fourth-order valence-corrected chi connectivity index (χ4v) is 6.06. The van der Waals surface area contributed by atoms with Gasteiger partial charge in [0.2, 0.25) is 5.91 Å². The maximum atomic E-state index is 12.9. The summed E-state index contributed by atoms with van der Waals surface area (Å²) in [4.78, 5) is 48.2. The van der Waals surface area contributed by atoms with Gasteiger partial charge in [-0.3, -0.25) is 14.4 Å². The minimum absolute atomic E-state index is 0.0603. The molecule has 1 saturated heterocycles. The number of hydrogen-bond acceptors (Lipinski definition) is 8. The van der Waals surface area contributed by atoms with E-state index in [1.165, 1.54) is 29.6 Å². The number of aromatic nitrogens is 2. The molecule has 37 heavy (non-hydrogen) atoms. The van der Waals surface area contributed by atoms with Crippen molar-refractivity contribution in [3.05, 3.63) is 55.9 Å². The van der Waals surface area contributed by atoms with Crippen LogP contribution in [-0.4, -0.2) is 58.8 Å². The molecule has 9 nitrogen and oxygen atoms in total. The molecule has 1 fully saturated rings. The highest BCUT2D eigenvalue weighted by Gasteiger charge is 2.28. The number of ether oxygens (including phenoxy) is 1. The minimum atomic E-state index is -0.196. The summed E-state index contributed by atoms with van der Waals surface area (Å²) in [6.07, 6.45) is 2.30. The maximum absolute atomic E-state index is 12.9. The first-order valence-electron chi connectivity index (χ1n) is 12.3. The lowest BCUT2D eigenvalue weighted by molar-refractivity contribution is -0.114. The molecule has 0 saturated carbocycles. The van der Waals surface area contributed by atoms with Gasteiger partial charge in [-0.05, 0) is 45.2 Å². The topological polar surface area (TPSA) is 114 Å². The Balaban J connectivity index is 1.19. The van der Waals surface area contributed by atoms with Gasteiger partial charge in [-0.2, -0.15) is 0 Å². The molecule has 3 amide bonds. The number of nitrogens with zero attached hydrogens (tertiary/aromatic N) is 3. The van der Waals surface area contributed by atoms with Gasteiger partial charge < -0.3 is 20.3 Å². The van der Waals surface area contributed by atoms with E-state index >= 15 is 0 Å². The molecular weight excluding hydrogens is 510 g/mol. The number of nitrogens with one attached hydrogen (secondary N) is 2. The number of piperidine rings is 1. The second kappa shape index (κ2) is 12.3. The zero-order valence-electron chi connectivity index (χ0n) is 21.2. The van der Waals surface area contributed by atoms with Gasteiger partial charge in [0.05, 0.1) is 22.3 Å². The number of carbonyl (C=O) groups is 3. The molecule has 0 spiro atoms. The van der Waals surface area contributed by atoms with Crippen molar-refractivity contribution in [3.63, 3.8) is 0 Å². The van der Waals surface area contributed by atoms with Gasteiger partial charge >= 0.3 is 0 Å². The predicted octanol–water partition coefficient (Wildman–Crippen LogP) is 4.39. The number of benzene rings is 1. The van der Waals surface area contributed by atoms with Crippen LogP contribution in [-0.2, 0) is 4.79 Å². The molecule has 0 atom stereocenters. The fourth-order valence-electron chi connectivity index (χ4n) is 4.20. The van der Waals surface area contributed by atoms with Crippen LogP contribution >= 0.6 is 22.7 Å². The van der Waals surface area contributed by atoms with Gasteiger partial charge in [-0.25, -0.2) is 9.97 Å². The normalized spacial score (nSPS) is 13.9. The van der Waals surface area contributed by atoms with E-state index in [1.54, 1.807) is 17.5 Å². The lowest BCUT2D eigenvalue weighted by Crippen LogP contribution is -2.37. The molecule has 0 unspecified atom stereocenters. The van der Waals surface area contributed by atoms with E-state index in [0.29, 0.717) is 49.8 Å². The second-order valence-corrected chi connectivity index (χ2v) is 11.0. The molecule has 11 heteroatoms. The quantitative estimate of drug-likeness (QED) is 0.389. The van der Waals surface area contributed by atoms with E-state index in [0.717, 1.165) is 33.4 Å². The third-order valence-electron chi connectivity index (χ3n) is 6.01. The molecule has 0 radical (unpaired) electrons. The SMILES string of the molecule is CC(=O)Nc1cccc(OCCCNC(=O)c2csc(C3CCN(C(=O)c4sc(C)nc4C)CC3)n2)c1. The van der Waals surface area contributed by atoms with Crippen molar-refractivity contribution >= 4 is 46.1 Å². The number of anilines is 1. The Hall–Kier alpha value is -3.31. The molecule has 3 heterocycles. The molecule has 4 rings (SSSR count). The number of hydrogen-bond donors (Lipinski definition) is 2. The Morgan fingerprint density at radius 3 is 2.65 bits per heavy atom. The van der Waals surface area contributed by atoms with Crippen molar-refractivity contribution in [1.82, 2.24) is 20.2 Å². The van der Waals surface area contributed by atoms with Crippen molar-refractivity contribution in [2.24, 2.45) is 0 Å². The van der Waals surface area contributed by atoms with Gasteiger partial charge in [0.1, 0.15) is 16.3 Å². The molecule has 1 aliphatic rings. The van der Waals surface area contributed by atoms with E-state index in [4.69, 9.17) is 4.74 Å². The first-order chi connectivity index (χ1) is 17.8. The van der Waals surface area contributed by atoms with Gasteiger partial charge in [0.15, 0.2) is 0 Å². The molecule has 2 N–H and O–H groups in total. The number of likely N-dealkylation sites (tertiary alicyclic amines) is 1. The zero-order valence-corrected chi connectivity index (χ0v) is 22.8. The molecule has 0 bridgehead atoms. The van der Waals surface area contributed by atoms with Crippen LogP contribution in [0.25, 0.3) is 0 Å². The first kappa shape index (κ1) is 26.7. The zero-order chi connectivity index (χ0) is 26.4. The monoisotopic (exact) mass is 541 g/mol. The molecular formula is C26H31N5O4S2. The van der Waals surface area contributed by atoms with Gasteiger partial charge in [-0.15, -0.1) is 22.7 Å². The maximum Gasteiger partial charge on any atom is 0.270 e. The number of amides is 3. The van der Waals surface area contributed by atoms with E-state index in [-0.39, 0.29) is 23.6 Å². The van der Waals surface area contributed by atoms with Crippen LogP contribution in [0.4, 0.5) is 5.69 Å². The highest BCUT2D eigenvalue weighted by Crippen LogP contribution is 2.31. The van der Waals surface area contributed by atoms with Crippen LogP contribution < -0.4 is 15.4 Å². The van der Waals surface area contributed by atoms with E-state index in [9.17, 15) is 14.4 Å². The van der Waals surface area contributed by atoms with Crippen LogP contribution in [0.1, 0.15) is 68.0 Å². The summed E-state index contributed by atoms with van der Waals surface area (Å²) in [6, 6.07) is 7.19. The third kappa shape index (κ3) is 7.14. The number of carbonyl (C=O) groups excluding carboxylic acids is 3. The van der Waals surface area contributed by atoms with Crippen molar-refractivity contribution in [2.75, 3.05) is 31.6 Å². The van der Waals surface area contributed by atoms with E-state index < -0.39 is 0 Å². The average Bonchev–Trinajstić information content (AvgIpc) is 3.49. The average molecular weight is 542 g/mol. The second-order valence-electron chi connectivity index (χ2n) is 8.95. The number of thiazole rings is 2. The Morgan fingerprint density at radius 2 is 1.95 bits per heavy atom. The summed E-state index contributed by atoms with van der Waals surface area (Å²) in [7, 11) is 0. The van der Waals surface area contributed by atoms with Crippen LogP contribution in [0, 0.1) is 13.8 Å². The summed E-state index contributed by atoms with van der Waals surface area (Å²) in [5, 5.41) is 9.28. The largest absolute Gasteiger partial charge is 0.493 e. The highest BCUT2D eigenvalue weighted by molar-refractivity contribution is 7.13. The highest BCUT2D eigenvalue weighted by atomic mass is 32.1. The number of rotatable bonds is 9. The lowest BCUT2D eigenvalue weighted by atomic mass is 9.97. The summed E-state index contributed by atoms with van der Waals surface area (Å²) in [6.45, 7) is 7.51. The number of aryl methyl sites for hydroxylation is 2. The standard InChI is InChI=1S/C26H31N5O4S2/c1-16-23(37-18(3)28-16)26(34)31-11-8-19(9-12-31)25-30-22(15-36-25)24(33)27-10-5-13-35-21-7-4-6-20(14-21)29-17(2)32/h4,6-7,14-15,19H,5,8-13H2,1-3H3,(H,27,33)(H,29,32). The summed E-state index contributed by atoms with van der Waals surface area (Å²) in [5.74, 6) is 0.639. The first-order valence-corrected chi connectivity index (χ1v) is 14.0. The molecule has 1 aliphatic heterocycles. The van der Waals surface area contributed by atoms with Gasteiger partial charge in [0, 0.05) is 49.6 Å². The minimum Gasteiger partial charge on any atom is -0.493 e. The van der Waals surface area contributed by atoms with E-state index in [1.807, 2.05) is 30.9 Å². The Labute approximate surface area is 224 Å². The van der Waals surface area contributed by atoms with Crippen LogP contribution in [0.3, 0.4) is 0 Å². The van der Waals surface area contributed by atoms with Crippen molar-refractivity contribution in [3.8, 4) is 5.75 Å². The third-order valence-corrected chi connectivity index (χ3v) is 8.08. The smallest absolute Gasteiger partial charge is 0.270 e. The molecule has 196 valence electrons. The van der Waals surface area contributed by atoms with Crippen LogP contribution in [0.15, 0.2) is 29.6 Å². The molecule has 2 aromatic heterocycles. The van der Waals surface area contributed by atoms with Crippen LogP contribution in [0.2, 0.25) is 0 Å². The molecule has 0 aliphatic carbocycles. The lowest BCUT2D eigenvalue weighted by Gasteiger charge is -2.30. The predicted molar refractivity (Wildman–Crippen MR) is 145 cm³/mol. The van der Waals surface area contributed by atoms with Crippen molar-refractivity contribution in [2.45, 2.75) is 46.0 Å². The Morgan fingerprint density at radius 1 is 1.16 bits per heavy atom. The van der Waals surface area contributed by atoms with E-state index in [2.05, 4.69) is 20.6 Å². The van der Waals surface area contributed by atoms with Gasteiger partial charge in [-0.1, -0.05) is 6.07 Å². The van der Waals surface area contributed by atoms with Crippen molar-refractivity contribution in [1.29, 1.82) is 0 Å². The Bertz CT molecular complexity index is 1260. The van der Waals surface area contributed by atoms with Gasteiger partial charge in [0.25, 0.3) is 11.8 Å². The molecule has 3 aromatic rings. The van der Waals surface area contributed by atoms with Crippen molar-refractivity contribution < 1.29 is 19.1 Å². The molecule has 1 aromatic carbocycles. The Kier molecular flexibility index (Phi) is 8.88. The summed E-state index contributed by atoms with van der Waals surface area (Å²) < 4.78 is 5.71. The summed E-state index contributed by atoms with van der Waals surface area (Å²) >= 11 is 2.96. The van der Waals surface area contributed by atoms with Crippen LogP contribution in [0.5, 0.6) is 5.75 Å².